The van der Waals surface area contributed by atoms with Crippen LogP contribution in [0.4, 0.5) is 0 Å². The molecule has 23 heavy (non-hydrogen) atoms. The zero-order valence-corrected chi connectivity index (χ0v) is 13.8. The number of fused-ring (bicyclic) bond motifs is 5. The molecule has 0 saturated carbocycles. The molecule has 4 rings (SSSR count). The summed E-state index contributed by atoms with van der Waals surface area (Å²) >= 11 is 0. The largest absolute Gasteiger partial charge is 0.309 e. The number of hydrogen-bond donors (Lipinski definition) is 0. The Morgan fingerprint density at radius 2 is 1.78 bits per heavy atom. The molecule has 116 valence electrons. The quantitative estimate of drug-likeness (QED) is 0.576. The first-order valence-electron chi connectivity index (χ1n) is 8.00. The molecular formula is C20H20N2O. The molecule has 1 aliphatic heterocycles. The van der Waals surface area contributed by atoms with Crippen LogP contribution in [0.25, 0.3) is 22.2 Å². The van der Waals surface area contributed by atoms with Gasteiger partial charge in [0.15, 0.2) is 0 Å². The van der Waals surface area contributed by atoms with Gasteiger partial charge in [-0.25, -0.2) is 0 Å². The second-order valence-corrected chi connectivity index (χ2v) is 6.57. The molecule has 0 saturated heterocycles. The Kier molecular flexibility index (Phi) is 3.13. The first-order valence-corrected chi connectivity index (χ1v) is 8.00. The van der Waals surface area contributed by atoms with Crippen LogP contribution in [0.5, 0.6) is 0 Å². The van der Waals surface area contributed by atoms with Gasteiger partial charge >= 0.3 is 0 Å². The van der Waals surface area contributed by atoms with E-state index in [1.165, 1.54) is 10.9 Å². The normalized spacial score (nSPS) is 13.0. The fraction of sp³-hybridized carbons (Fsp3) is 0.250. The van der Waals surface area contributed by atoms with Crippen molar-refractivity contribution in [2.75, 3.05) is 20.6 Å². The van der Waals surface area contributed by atoms with E-state index in [0.29, 0.717) is 0 Å². The summed E-state index contributed by atoms with van der Waals surface area (Å²) in [5, 5.41) is 1.21. The molecule has 0 unspecified atom stereocenters. The highest BCUT2D eigenvalue weighted by Crippen LogP contribution is 2.39. The number of nitrogens with zero attached hydrogens (tertiary/aromatic N) is 2. The highest BCUT2D eigenvalue weighted by Gasteiger charge is 2.29. The first-order chi connectivity index (χ1) is 11.1. The summed E-state index contributed by atoms with van der Waals surface area (Å²) in [6.45, 7) is 3.09. The highest BCUT2D eigenvalue weighted by atomic mass is 16.2. The predicted octanol–water partition coefficient (Wildman–Crippen LogP) is 3.72. The van der Waals surface area contributed by atoms with Crippen molar-refractivity contribution < 1.29 is 4.79 Å². The van der Waals surface area contributed by atoms with E-state index in [4.69, 9.17) is 0 Å². The second-order valence-electron chi connectivity index (χ2n) is 6.57. The smallest absolute Gasteiger partial charge is 0.263 e. The lowest BCUT2D eigenvalue weighted by Gasteiger charge is -2.11. The van der Waals surface area contributed by atoms with Crippen LogP contribution >= 0.6 is 0 Å². The molecule has 3 heteroatoms. The van der Waals surface area contributed by atoms with E-state index < -0.39 is 0 Å². The Bertz CT molecular complexity index is 934. The van der Waals surface area contributed by atoms with Crippen molar-refractivity contribution in [3.05, 3.63) is 59.2 Å². The summed E-state index contributed by atoms with van der Waals surface area (Å²) in [6.07, 6.45) is 0.989. The summed E-state index contributed by atoms with van der Waals surface area (Å²) < 4.78 is 1.90. The van der Waals surface area contributed by atoms with Crippen molar-refractivity contribution in [2.45, 2.75) is 13.3 Å². The van der Waals surface area contributed by atoms with Crippen molar-refractivity contribution in [2.24, 2.45) is 0 Å². The fourth-order valence-electron chi connectivity index (χ4n) is 3.52. The van der Waals surface area contributed by atoms with Crippen molar-refractivity contribution in [1.82, 2.24) is 9.47 Å². The number of benzene rings is 2. The number of rotatable bonds is 3. The van der Waals surface area contributed by atoms with E-state index in [9.17, 15) is 4.79 Å². The predicted molar refractivity (Wildman–Crippen MR) is 94.1 cm³/mol. The molecular weight excluding hydrogens is 284 g/mol. The van der Waals surface area contributed by atoms with E-state index >= 15 is 0 Å². The maximum Gasteiger partial charge on any atom is 0.263 e. The molecule has 0 bridgehead atoms. The van der Waals surface area contributed by atoms with Gasteiger partial charge in [0.1, 0.15) is 0 Å². The van der Waals surface area contributed by atoms with Crippen molar-refractivity contribution in [3.63, 3.8) is 0 Å². The number of aromatic nitrogens is 1. The van der Waals surface area contributed by atoms with Gasteiger partial charge in [-0.3, -0.25) is 9.36 Å². The zero-order valence-electron chi connectivity index (χ0n) is 13.8. The van der Waals surface area contributed by atoms with E-state index in [2.05, 4.69) is 44.1 Å². The summed E-state index contributed by atoms with van der Waals surface area (Å²) in [4.78, 5) is 15.0. The van der Waals surface area contributed by atoms with Gasteiger partial charge in [-0.1, -0.05) is 30.3 Å². The zero-order chi connectivity index (χ0) is 16.1. The average molecular weight is 304 g/mol. The van der Waals surface area contributed by atoms with Crippen molar-refractivity contribution >= 4 is 16.8 Å². The lowest BCUT2D eigenvalue weighted by atomic mass is 10.0. The third kappa shape index (κ3) is 2.04. The molecule has 3 aromatic rings. The minimum Gasteiger partial charge on any atom is -0.309 e. The first kappa shape index (κ1) is 14.2. The number of carbonyl (C=O) groups is 1. The summed E-state index contributed by atoms with van der Waals surface area (Å²) in [5.74, 6) is 0.0958. The maximum atomic E-state index is 12.8. The van der Waals surface area contributed by atoms with E-state index in [1.54, 1.807) is 0 Å². The van der Waals surface area contributed by atoms with Gasteiger partial charge in [-0.15, -0.1) is 0 Å². The molecule has 2 heterocycles. The van der Waals surface area contributed by atoms with Crippen LogP contribution in [0.2, 0.25) is 0 Å². The SMILES string of the molecule is Cc1ccc(CCN(C)C)c2cc3n(c12)C(=O)c1ccccc1-3. The molecule has 0 aliphatic carbocycles. The van der Waals surface area contributed by atoms with E-state index in [-0.39, 0.29) is 5.91 Å². The molecule has 0 N–H and O–H groups in total. The van der Waals surface area contributed by atoms with Gasteiger partial charge in [-0.2, -0.15) is 0 Å². The number of hydrogen-bond acceptors (Lipinski definition) is 2. The Morgan fingerprint density at radius 1 is 1.04 bits per heavy atom. The van der Waals surface area contributed by atoms with Crippen molar-refractivity contribution in [1.29, 1.82) is 0 Å². The standard InChI is InChI=1S/C20H20N2O/c1-13-8-9-14(10-11-21(2)3)17-12-18-15-6-4-5-7-16(15)20(23)22(18)19(13)17/h4-9,12H,10-11H2,1-3H3. The Labute approximate surface area is 136 Å². The summed E-state index contributed by atoms with van der Waals surface area (Å²) in [7, 11) is 4.18. The molecule has 0 spiro atoms. The van der Waals surface area contributed by atoms with Crippen LogP contribution in [0.15, 0.2) is 42.5 Å². The molecule has 0 fully saturated rings. The van der Waals surface area contributed by atoms with Crippen molar-refractivity contribution in [3.8, 4) is 11.3 Å². The highest BCUT2D eigenvalue weighted by molar-refractivity contribution is 6.15. The molecule has 0 atom stereocenters. The molecule has 1 aromatic heterocycles. The number of aryl methyl sites for hydroxylation is 1. The monoisotopic (exact) mass is 304 g/mol. The summed E-state index contributed by atoms with van der Waals surface area (Å²) in [6, 6.07) is 14.4. The molecule has 1 aliphatic rings. The van der Waals surface area contributed by atoms with Gasteiger partial charge in [0, 0.05) is 23.1 Å². The molecule has 2 aromatic carbocycles. The minimum absolute atomic E-state index is 0.0958. The number of carbonyl (C=O) groups excluding carboxylic acids is 1. The Morgan fingerprint density at radius 3 is 2.52 bits per heavy atom. The van der Waals surface area contributed by atoms with Gasteiger partial charge < -0.3 is 4.90 Å². The van der Waals surface area contributed by atoms with Gasteiger partial charge in [0.25, 0.3) is 5.91 Å². The topological polar surface area (TPSA) is 25.2 Å². The lowest BCUT2D eigenvalue weighted by molar-refractivity contribution is 0.0973. The Hall–Kier alpha value is -2.39. The van der Waals surface area contributed by atoms with Crippen LogP contribution in [0.1, 0.15) is 21.5 Å². The fourth-order valence-corrected chi connectivity index (χ4v) is 3.52. The van der Waals surface area contributed by atoms with Gasteiger partial charge in [0.2, 0.25) is 0 Å². The maximum absolute atomic E-state index is 12.8. The van der Waals surface area contributed by atoms with Crippen LogP contribution in [-0.4, -0.2) is 36.0 Å². The lowest BCUT2D eigenvalue weighted by Crippen LogP contribution is -2.15. The van der Waals surface area contributed by atoms with Crippen LogP contribution < -0.4 is 0 Å². The average Bonchev–Trinajstić information content (AvgIpc) is 3.05. The van der Waals surface area contributed by atoms with Gasteiger partial charge in [0.05, 0.1) is 11.2 Å². The van der Waals surface area contributed by atoms with E-state index in [1.807, 2.05) is 28.8 Å². The number of likely N-dealkylation sites (N-methyl/N-ethyl adjacent to an activating group) is 1. The third-order valence-electron chi connectivity index (χ3n) is 4.72. The molecule has 3 nitrogen and oxygen atoms in total. The van der Waals surface area contributed by atoms with E-state index in [0.717, 1.165) is 40.9 Å². The van der Waals surface area contributed by atoms with Crippen LogP contribution in [-0.2, 0) is 6.42 Å². The van der Waals surface area contributed by atoms with Crippen LogP contribution in [0, 0.1) is 6.92 Å². The Balaban J connectivity index is 1.96. The van der Waals surface area contributed by atoms with Gasteiger partial charge in [-0.05, 0) is 50.7 Å². The third-order valence-corrected chi connectivity index (χ3v) is 4.72. The molecule has 0 amide bonds. The second kappa shape index (κ2) is 5.07. The minimum atomic E-state index is 0.0958. The summed E-state index contributed by atoms with van der Waals surface area (Å²) in [5.41, 5.74) is 6.42. The molecule has 0 radical (unpaired) electrons. The van der Waals surface area contributed by atoms with Crippen LogP contribution in [0.3, 0.4) is 0 Å².